The Balaban J connectivity index is 2.03. The lowest BCUT2D eigenvalue weighted by Gasteiger charge is -2.05. The first-order valence-corrected chi connectivity index (χ1v) is 7.03. The third-order valence-corrected chi connectivity index (χ3v) is 3.13. The van der Waals surface area contributed by atoms with E-state index in [1.807, 2.05) is 5.43 Å². The number of nitro benzene ring substituents is 1. The smallest absolute Gasteiger partial charge is 0.315 e. The van der Waals surface area contributed by atoms with Crippen molar-refractivity contribution in [2.45, 2.75) is 6.92 Å². The van der Waals surface area contributed by atoms with Gasteiger partial charge in [0, 0.05) is 17.7 Å². The van der Waals surface area contributed by atoms with Crippen molar-refractivity contribution in [2.75, 3.05) is 5.32 Å². The zero-order chi connectivity index (χ0) is 18.4. The maximum atomic E-state index is 13.4. The molecule has 2 aromatic carbocycles. The zero-order valence-electron chi connectivity index (χ0n) is 13.0. The van der Waals surface area contributed by atoms with Gasteiger partial charge in [0.05, 0.1) is 16.3 Å². The van der Waals surface area contributed by atoms with Crippen LogP contribution in [0.3, 0.4) is 0 Å². The summed E-state index contributed by atoms with van der Waals surface area (Å²) in [5.74, 6) is -2.88. The van der Waals surface area contributed by atoms with Crippen LogP contribution in [0.25, 0.3) is 0 Å². The molecule has 0 saturated heterocycles. The number of carbonyl (C=O) groups is 2. The Labute approximate surface area is 141 Å². The van der Waals surface area contributed by atoms with E-state index in [1.165, 1.54) is 43.3 Å². The third-order valence-electron chi connectivity index (χ3n) is 3.13. The van der Waals surface area contributed by atoms with Crippen LogP contribution >= 0.6 is 0 Å². The van der Waals surface area contributed by atoms with Gasteiger partial charge in [0.15, 0.2) is 0 Å². The predicted octanol–water partition coefficient (Wildman–Crippen LogP) is 2.21. The Bertz CT molecular complexity index is 867. The van der Waals surface area contributed by atoms with E-state index in [9.17, 15) is 24.1 Å². The summed E-state index contributed by atoms with van der Waals surface area (Å²) < 4.78 is 13.4. The van der Waals surface area contributed by atoms with Crippen molar-refractivity contribution in [2.24, 2.45) is 5.10 Å². The molecule has 2 aromatic rings. The van der Waals surface area contributed by atoms with Gasteiger partial charge in [-0.1, -0.05) is 24.3 Å². The van der Waals surface area contributed by atoms with Gasteiger partial charge in [-0.2, -0.15) is 5.10 Å². The number of non-ortho nitro benzene ring substituents is 1. The van der Waals surface area contributed by atoms with E-state index in [0.29, 0.717) is 5.56 Å². The van der Waals surface area contributed by atoms with Crippen molar-refractivity contribution < 1.29 is 18.9 Å². The molecule has 9 heteroatoms. The van der Waals surface area contributed by atoms with Crippen LogP contribution in [0.4, 0.5) is 15.8 Å². The van der Waals surface area contributed by atoms with Crippen LogP contribution in [-0.2, 0) is 9.59 Å². The standard InChI is InChI=1S/C16H13FN4O4/c1-10(11-5-4-6-12(9-11)21(24)25)19-20-16(23)15(22)18-14-8-3-2-7-13(14)17/h2-9H,1H3,(H,18,22)(H,20,23). The molecule has 2 rings (SSSR count). The Morgan fingerprint density at radius 2 is 1.84 bits per heavy atom. The molecule has 0 spiro atoms. The van der Waals surface area contributed by atoms with Crippen LogP contribution in [0.15, 0.2) is 53.6 Å². The lowest BCUT2D eigenvalue weighted by Crippen LogP contribution is -2.33. The van der Waals surface area contributed by atoms with Crippen LogP contribution in [-0.4, -0.2) is 22.4 Å². The molecule has 0 aliphatic carbocycles. The van der Waals surface area contributed by atoms with Crippen molar-refractivity contribution in [1.82, 2.24) is 5.43 Å². The van der Waals surface area contributed by atoms with Gasteiger partial charge in [0.1, 0.15) is 5.82 Å². The molecule has 0 unspecified atom stereocenters. The summed E-state index contributed by atoms with van der Waals surface area (Å²) in [4.78, 5) is 33.6. The number of benzene rings is 2. The minimum Gasteiger partial charge on any atom is -0.315 e. The van der Waals surface area contributed by atoms with E-state index < -0.39 is 22.6 Å². The van der Waals surface area contributed by atoms with Crippen molar-refractivity contribution in [3.05, 3.63) is 70.0 Å². The summed E-state index contributed by atoms with van der Waals surface area (Å²) in [6.45, 7) is 1.51. The highest BCUT2D eigenvalue weighted by Gasteiger charge is 2.15. The molecule has 0 saturated carbocycles. The number of carbonyl (C=O) groups excluding carboxylic acids is 2. The maximum Gasteiger partial charge on any atom is 0.329 e. The minimum atomic E-state index is -1.10. The largest absolute Gasteiger partial charge is 0.329 e. The number of nitrogens with one attached hydrogen (secondary N) is 2. The van der Waals surface area contributed by atoms with E-state index in [4.69, 9.17) is 0 Å². The van der Waals surface area contributed by atoms with E-state index >= 15 is 0 Å². The van der Waals surface area contributed by atoms with Crippen LogP contribution < -0.4 is 10.7 Å². The van der Waals surface area contributed by atoms with Gasteiger partial charge in [-0.3, -0.25) is 19.7 Å². The predicted molar refractivity (Wildman–Crippen MR) is 88.5 cm³/mol. The molecule has 0 radical (unpaired) electrons. The fourth-order valence-electron chi connectivity index (χ4n) is 1.84. The van der Waals surface area contributed by atoms with Crippen molar-refractivity contribution >= 4 is 28.9 Å². The molecule has 0 aromatic heterocycles. The second-order valence-electron chi connectivity index (χ2n) is 4.88. The number of nitrogens with zero attached hydrogens (tertiary/aromatic N) is 2. The first-order valence-electron chi connectivity index (χ1n) is 7.03. The summed E-state index contributed by atoms with van der Waals surface area (Å²) >= 11 is 0. The molecule has 0 heterocycles. The molecule has 0 aliphatic heterocycles. The molecule has 2 amide bonds. The highest BCUT2D eigenvalue weighted by Crippen LogP contribution is 2.14. The summed E-state index contributed by atoms with van der Waals surface area (Å²) in [5.41, 5.74) is 2.41. The highest BCUT2D eigenvalue weighted by atomic mass is 19.1. The lowest BCUT2D eigenvalue weighted by molar-refractivity contribution is -0.384. The number of hydrazone groups is 1. The van der Waals surface area contributed by atoms with Gasteiger partial charge < -0.3 is 5.32 Å². The highest BCUT2D eigenvalue weighted by molar-refractivity contribution is 6.39. The monoisotopic (exact) mass is 344 g/mol. The second-order valence-corrected chi connectivity index (χ2v) is 4.88. The molecule has 0 atom stereocenters. The number of anilines is 1. The zero-order valence-corrected chi connectivity index (χ0v) is 13.0. The number of hydrogen-bond acceptors (Lipinski definition) is 5. The normalized spacial score (nSPS) is 10.9. The molecule has 2 N–H and O–H groups in total. The van der Waals surface area contributed by atoms with E-state index in [2.05, 4.69) is 10.4 Å². The second kappa shape index (κ2) is 7.77. The topological polar surface area (TPSA) is 114 Å². The summed E-state index contributed by atoms with van der Waals surface area (Å²) in [6, 6.07) is 11.0. The third kappa shape index (κ3) is 4.67. The molecule has 128 valence electrons. The summed E-state index contributed by atoms with van der Waals surface area (Å²) in [7, 11) is 0. The summed E-state index contributed by atoms with van der Waals surface area (Å²) in [5, 5.41) is 16.6. The Kier molecular flexibility index (Phi) is 5.51. The van der Waals surface area contributed by atoms with Crippen molar-refractivity contribution in [3.63, 3.8) is 0 Å². The average molecular weight is 344 g/mol. The van der Waals surface area contributed by atoms with Crippen LogP contribution in [0, 0.1) is 15.9 Å². The molecule has 8 nitrogen and oxygen atoms in total. The fourth-order valence-corrected chi connectivity index (χ4v) is 1.84. The lowest BCUT2D eigenvalue weighted by atomic mass is 10.1. The number of halogens is 1. The SMILES string of the molecule is CC(=NNC(=O)C(=O)Nc1ccccc1F)c1cccc([N+](=O)[O-])c1. The van der Waals surface area contributed by atoms with Crippen LogP contribution in [0.2, 0.25) is 0 Å². The Morgan fingerprint density at radius 3 is 2.52 bits per heavy atom. The number of para-hydroxylation sites is 1. The van der Waals surface area contributed by atoms with Gasteiger partial charge in [-0.15, -0.1) is 0 Å². The molecule has 0 aliphatic rings. The van der Waals surface area contributed by atoms with Gasteiger partial charge >= 0.3 is 11.8 Å². The van der Waals surface area contributed by atoms with Gasteiger partial charge in [-0.05, 0) is 19.1 Å². The number of rotatable bonds is 4. The number of nitro groups is 1. The van der Waals surface area contributed by atoms with E-state index in [-0.39, 0.29) is 17.1 Å². The minimum absolute atomic E-state index is 0.129. The van der Waals surface area contributed by atoms with Crippen LogP contribution in [0.5, 0.6) is 0 Å². The summed E-state index contributed by atoms with van der Waals surface area (Å²) in [6.07, 6.45) is 0. The average Bonchev–Trinajstić information content (AvgIpc) is 2.61. The first-order chi connectivity index (χ1) is 11.9. The van der Waals surface area contributed by atoms with Gasteiger partial charge in [-0.25, -0.2) is 9.82 Å². The van der Waals surface area contributed by atoms with Gasteiger partial charge in [0.2, 0.25) is 0 Å². The molecule has 0 fully saturated rings. The number of amides is 2. The quantitative estimate of drug-likeness (QED) is 0.383. The van der Waals surface area contributed by atoms with E-state index in [1.54, 1.807) is 6.07 Å². The fraction of sp³-hybridized carbons (Fsp3) is 0.0625. The van der Waals surface area contributed by atoms with Crippen molar-refractivity contribution in [3.8, 4) is 0 Å². The molecule has 0 bridgehead atoms. The molecule has 25 heavy (non-hydrogen) atoms. The van der Waals surface area contributed by atoms with Gasteiger partial charge in [0.25, 0.3) is 5.69 Å². The van der Waals surface area contributed by atoms with Crippen LogP contribution in [0.1, 0.15) is 12.5 Å². The Morgan fingerprint density at radius 1 is 1.12 bits per heavy atom. The van der Waals surface area contributed by atoms with E-state index in [0.717, 1.165) is 6.07 Å². The first kappa shape index (κ1) is 17.7. The molecular formula is C16H13FN4O4. The van der Waals surface area contributed by atoms with Crippen molar-refractivity contribution in [1.29, 1.82) is 0 Å². The molecular weight excluding hydrogens is 331 g/mol. The number of hydrogen-bond donors (Lipinski definition) is 2. The maximum absolute atomic E-state index is 13.4. The Hall–Kier alpha value is -3.62.